The minimum absolute atomic E-state index is 0.0534. The Morgan fingerprint density at radius 3 is 2.63 bits per heavy atom. The van der Waals surface area contributed by atoms with Gasteiger partial charge in [-0.25, -0.2) is 4.68 Å². The van der Waals surface area contributed by atoms with Gasteiger partial charge in [-0.2, -0.15) is 5.10 Å². The summed E-state index contributed by atoms with van der Waals surface area (Å²) >= 11 is 0. The molecule has 0 saturated heterocycles. The van der Waals surface area contributed by atoms with Gasteiger partial charge in [-0.3, -0.25) is 4.79 Å². The van der Waals surface area contributed by atoms with Crippen LogP contribution in [0.2, 0.25) is 0 Å². The van der Waals surface area contributed by atoms with E-state index in [-0.39, 0.29) is 5.91 Å². The van der Waals surface area contributed by atoms with Crippen LogP contribution in [-0.2, 0) is 19.4 Å². The molecule has 1 aliphatic rings. The molecule has 0 atom stereocenters. The number of carbonyl (C=O) groups is 1. The highest BCUT2D eigenvalue weighted by molar-refractivity contribution is 5.94. The maximum absolute atomic E-state index is 12.5. The van der Waals surface area contributed by atoms with Crippen LogP contribution in [0.3, 0.4) is 0 Å². The molecule has 1 heterocycles. The number of nitrogens with one attached hydrogen (secondary N) is 1. The molecule has 1 aromatic heterocycles. The summed E-state index contributed by atoms with van der Waals surface area (Å²) in [4.78, 5) is 12.5. The van der Waals surface area contributed by atoms with Crippen molar-refractivity contribution in [3.8, 4) is 11.4 Å². The van der Waals surface area contributed by atoms with Crippen LogP contribution in [-0.4, -0.2) is 22.8 Å². The second-order valence-electron chi connectivity index (χ2n) is 6.82. The molecule has 27 heavy (non-hydrogen) atoms. The van der Waals surface area contributed by atoms with Gasteiger partial charge >= 0.3 is 0 Å². The zero-order valence-electron chi connectivity index (χ0n) is 15.4. The third-order valence-corrected chi connectivity index (χ3v) is 5.02. The molecule has 0 spiro atoms. The van der Waals surface area contributed by atoms with E-state index in [4.69, 9.17) is 4.74 Å². The molecule has 3 aromatic rings. The first-order chi connectivity index (χ1) is 13.2. The molecule has 0 saturated carbocycles. The topological polar surface area (TPSA) is 56.1 Å². The standard InChI is InChI=1S/C22H23N3O2/c1-27-21-10-8-20(9-11-21)25-13-12-19(24-25)15-23-22(26)18-7-6-16-4-2-3-5-17(16)14-18/h6-14H,2-5,15H2,1H3,(H,23,26). The Balaban J connectivity index is 1.40. The lowest BCUT2D eigenvalue weighted by molar-refractivity contribution is 0.0950. The summed E-state index contributed by atoms with van der Waals surface area (Å²) in [6.07, 6.45) is 6.54. The van der Waals surface area contributed by atoms with Gasteiger partial charge in [0.15, 0.2) is 0 Å². The fourth-order valence-corrected chi connectivity index (χ4v) is 3.48. The van der Waals surface area contributed by atoms with E-state index in [2.05, 4.69) is 16.5 Å². The van der Waals surface area contributed by atoms with Crippen LogP contribution in [0.25, 0.3) is 5.69 Å². The van der Waals surface area contributed by atoms with Crippen LogP contribution in [0.5, 0.6) is 5.75 Å². The quantitative estimate of drug-likeness (QED) is 0.754. The second-order valence-corrected chi connectivity index (χ2v) is 6.82. The van der Waals surface area contributed by atoms with E-state index < -0.39 is 0 Å². The summed E-state index contributed by atoms with van der Waals surface area (Å²) < 4.78 is 6.97. The molecule has 138 valence electrons. The number of aryl methyl sites for hydroxylation is 2. The van der Waals surface area contributed by atoms with Crippen LogP contribution in [0.1, 0.15) is 40.0 Å². The molecule has 0 fully saturated rings. The van der Waals surface area contributed by atoms with E-state index in [1.807, 2.05) is 48.7 Å². The van der Waals surface area contributed by atoms with Crippen LogP contribution in [0, 0.1) is 0 Å². The zero-order chi connectivity index (χ0) is 18.6. The summed E-state index contributed by atoms with van der Waals surface area (Å²) in [5.74, 6) is 0.755. The van der Waals surface area contributed by atoms with Crippen molar-refractivity contribution in [1.82, 2.24) is 15.1 Å². The van der Waals surface area contributed by atoms with E-state index in [9.17, 15) is 4.79 Å². The van der Waals surface area contributed by atoms with E-state index in [1.165, 1.54) is 24.0 Å². The monoisotopic (exact) mass is 361 g/mol. The number of benzene rings is 2. The number of fused-ring (bicyclic) bond motifs is 1. The molecule has 0 bridgehead atoms. The van der Waals surface area contributed by atoms with Crippen molar-refractivity contribution in [2.45, 2.75) is 32.2 Å². The summed E-state index contributed by atoms with van der Waals surface area (Å²) in [5, 5.41) is 7.50. The molecule has 1 aliphatic carbocycles. The third kappa shape index (κ3) is 3.87. The lowest BCUT2D eigenvalue weighted by atomic mass is 9.90. The summed E-state index contributed by atoms with van der Waals surface area (Å²) in [7, 11) is 1.65. The Hall–Kier alpha value is -3.08. The third-order valence-electron chi connectivity index (χ3n) is 5.02. The normalized spacial score (nSPS) is 13.1. The Morgan fingerprint density at radius 2 is 1.85 bits per heavy atom. The van der Waals surface area contributed by atoms with Gasteiger partial charge in [0, 0.05) is 11.8 Å². The summed E-state index contributed by atoms with van der Waals surface area (Å²) in [6, 6.07) is 15.7. The Kier molecular flexibility index (Phi) is 4.92. The van der Waals surface area contributed by atoms with Gasteiger partial charge in [0.25, 0.3) is 5.91 Å². The number of carbonyl (C=O) groups excluding carboxylic acids is 1. The molecule has 0 radical (unpaired) electrons. The predicted octanol–water partition coefficient (Wildman–Crippen LogP) is 3.69. The molecule has 5 heteroatoms. The Labute approximate surface area is 159 Å². The molecule has 4 rings (SSSR count). The highest BCUT2D eigenvalue weighted by Crippen LogP contribution is 2.22. The summed E-state index contributed by atoms with van der Waals surface area (Å²) in [6.45, 7) is 0.402. The smallest absolute Gasteiger partial charge is 0.251 e. The summed E-state index contributed by atoms with van der Waals surface area (Å²) in [5.41, 5.74) is 5.19. The average Bonchev–Trinajstić information content (AvgIpc) is 3.21. The van der Waals surface area contributed by atoms with Gasteiger partial charge < -0.3 is 10.1 Å². The molecular formula is C22H23N3O2. The zero-order valence-corrected chi connectivity index (χ0v) is 15.4. The number of nitrogens with zero attached hydrogens (tertiary/aromatic N) is 2. The van der Waals surface area contributed by atoms with Crippen molar-refractivity contribution in [3.63, 3.8) is 0 Å². The molecule has 2 aromatic carbocycles. The minimum Gasteiger partial charge on any atom is -0.497 e. The van der Waals surface area contributed by atoms with Gasteiger partial charge in [-0.1, -0.05) is 6.07 Å². The Morgan fingerprint density at radius 1 is 1.07 bits per heavy atom. The number of ether oxygens (including phenoxy) is 1. The highest BCUT2D eigenvalue weighted by atomic mass is 16.5. The van der Waals surface area contributed by atoms with E-state index in [0.29, 0.717) is 6.54 Å². The Bertz CT molecular complexity index is 944. The minimum atomic E-state index is -0.0534. The molecular weight excluding hydrogens is 338 g/mol. The number of methoxy groups -OCH3 is 1. The number of amides is 1. The lowest BCUT2D eigenvalue weighted by Gasteiger charge is -2.16. The maximum Gasteiger partial charge on any atom is 0.251 e. The molecule has 0 unspecified atom stereocenters. The molecule has 1 amide bonds. The van der Waals surface area contributed by atoms with Crippen LogP contribution in [0.4, 0.5) is 0 Å². The van der Waals surface area contributed by atoms with Crippen molar-refractivity contribution in [1.29, 1.82) is 0 Å². The fourth-order valence-electron chi connectivity index (χ4n) is 3.48. The van der Waals surface area contributed by atoms with Gasteiger partial charge in [-0.05, 0) is 79.3 Å². The largest absolute Gasteiger partial charge is 0.497 e. The number of aromatic nitrogens is 2. The number of rotatable bonds is 5. The van der Waals surface area contributed by atoms with E-state index in [0.717, 1.165) is 35.5 Å². The number of hydrogen-bond acceptors (Lipinski definition) is 3. The van der Waals surface area contributed by atoms with Gasteiger partial charge in [-0.15, -0.1) is 0 Å². The molecule has 5 nitrogen and oxygen atoms in total. The first-order valence-electron chi connectivity index (χ1n) is 9.32. The predicted molar refractivity (Wildman–Crippen MR) is 104 cm³/mol. The molecule has 0 aliphatic heterocycles. The van der Waals surface area contributed by atoms with Gasteiger partial charge in [0.05, 0.1) is 25.0 Å². The van der Waals surface area contributed by atoms with Crippen molar-refractivity contribution in [2.24, 2.45) is 0 Å². The second kappa shape index (κ2) is 7.66. The number of hydrogen-bond donors (Lipinski definition) is 1. The van der Waals surface area contributed by atoms with Crippen molar-refractivity contribution in [3.05, 3.63) is 77.1 Å². The maximum atomic E-state index is 12.5. The van der Waals surface area contributed by atoms with Crippen molar-refractivity contribution >= 4 is 5.91 Å². The van der Waals surface area contributed by atoms with Crippen LogP contribution in [0.15, 0.2) is 54.7 Å². The lowest BCUT2D eigenvalue weighted by Crippen LogP contribution is -2.23. The van der Waals surface area contributed by atoms with Crippen molar-refractivity contribution in [2.75, 3.05) is 7.11 Å². The first kappa shape index (κ1) is 17.3. The van der Waals surface area contributed by atoms with E-state index >= 15 is 0 Å². The van der Waals surface area contributed by atoms with Crippen LogP contribution < -0.4 is 10.1 Å². The average molecular weight is 361 g/mol. The van der Waals surface area contributed by atoms with Gasteiger partial charge in [0.2, 0.25) is 0 Å². The highest BCUT2D eigenvalue weighted by Gasteiger charge is 2.13. The van der Waals surface area contributed by atoms with Crippen molar-refractivity contribution < 1.29 is 9.53 Å². The van der Waals surface area contributed by atoms with Crippen LogP contribution >= 0.6 is 0 Å². The van der Waals surface area contributed by atoms with Gasteiger partial charge in [0.1, 0.15) is 5.75 Å². The van der Waals surface area contributed by atoms with E-state index in [1.54, 1.807) is 11.8 Å². The first-order valence-corrected chi connectivity index (χ1v) is 9.32. The fraction of sp³-hybridized carbons (Fsp3) is 0.273. The SMILES string of the molecule is COc1ccc(-n2ccc(CNC(=O)c3ccc4c(c3)CCCC4)n2)cc1. The molecule has 1 N–H and O–H groups in total.